The van der Waals surface area contributed by atoms with Crippen molar-refractivity contribution in [2.24, 2.45) is 5.41 Å². The number of fused-ring (bicyclic) bond motifs is 1. The Morgan fingerprint density at radius 1 is 1.33 bits per heavy atom. The van der Waals surface area contributed by atoms with Crippen molar-refractivity contribution in [2.75, 3.05) is 5.32 Å². The number of hydrogen-bond donors (Lipinski definition) is 2. The molecular weight excluding hydrogens is 266 g/mol. The second-order valence-electron chi connectivity index (χ2n) is 6.48. The summed E-state index contributed by atoms with van der Waals surface area (Å²) < 4.78 is 0. The fraction of sp³-hybridized carbons (Fsp3) is 0.438. The maximum absolute atomic E-state index is 11.1. The molecule has 5 nitrogen and oxygen atoms in total. The Bertz CT molecular complexity index is 629. The molecule has 112 valence electrons. The van der Waals surface area contributed by atoms with Gasteiger partial charge in [0.25, 0.3) is 0 Å². The van der Waals surface area contributed by atoms with Crippen LogP contribution in [-0.4, -0.2) is 27.3 Å². The van der Waals surface area contributed by atoms with Crippen LogP contribution < -0.4 is 5.32 Å². The van der Waals surface area contributed by atoms with Gasteiger partial charge in [-0.3, -0.25) is 4.79 Å². The van der Waals surface area contributed by atoms with Crippen molar-refractivity contribution >= 4 is 22.6 Å². The molecule has 0 fully saturated rings. The van der Waals surface area contributed by atoms with Crippen LogP contribution in [0.5, 0.6) is 0 Å². The largest absolute Gasteiger partial charge is 0.481 e. The highest BCUT2D eigenvalue weighted by molar-refractivity contribution is 5.90. The molecule has 1 aromatic heterocycles. The number of benzene rings is 1. The number of aromatic nitrogens is 2. The Morgan fingerprint density at radius 3 is 2.71 bits per heavy atom. The van der Waals surface area contributed by atoms with Crippen LogP contribution in [0.15, 0.2) is 30.5 Å². The number of nitrogens with one attached hydrogen (secondary N) is 1. The van der Waals surface area contributed by atoms with Crippen molar-refractivity contribution in [3.8, 4) is 0 Å². The Labute approximate surface area is 124 Å². The molecule has 0 spiro atoms. The number of carboxylic acids is 1. The van der Waals surface area contributed by atoms with Crippen molar-refractivity contribution < 1.29 is 9.90 Å². The van der Waals surface area contributed by atoms with Crippen molar-refractivity contribution in [3.63, 3.8) is 0 Å². The van der Waals surface area contributed by atoms with Gasteiger partial charge in [0.05, 0.1) is 23.8 Å². The van der Waals surface area contributed by atoms with Gasteiger partial charge in [0.2, 0.25) is 0 Å². The molecule has 0 amide bonds. The molecule has 0 saturated carbocycles. The van der Waals surface area contributed by atoms with Crippen LogP contribution in [0.2, 0.25) is 0 Å². The first-order valence-corrected chi connectivity index (χ1v) is 7.04. The zero-order valence-corrected chi connectivity index (χ0v) is 12.6. The molecule has 1 atom stereocenters. The summed E-state index contributed by atoms with van der Waals surface area (Å²) in [5, 5.41) is 21.4. The maximum atomic E-state index is 11.1. The van der Waals surface area contributed by atoms with Crippen LogP contribution in [0.1, 0.15) is 33.6 Å². The normalized spacial score (nSPS) is 13.1. The molecule has 2 N–H and O–H groups in total. The third-order valence-corrected chi connectivity index (χ3v) is 3.19. The molecular formula is C16H21N3O2. The van der Waals surface area contributed by atoms with Crippen LogP contribution in [0, 0.1) is 5.41 Å². The quantitative estimate of drug-likeness (QED) is 0.882. The molecule has 21 heavy (non-hydrogen) atoms. The Kier molecular flexibility index (Phi) is 4.40. The van der Waals surface area contributed by atoms with E-state index >= 15 is 0 Å². The van der Waals surface area contributed by atoms with E-state index in [1.165, 1.54) is 0 Å². The van der Waals surface area contributed by atoms with Crippen LogP contribution >= 0.6 is 0 Å². The lowest BCUT2D eigenvalue weighted by Crippen LogP contribution is -2.28. The zero-order chi connectivity index (χ0) is 15.5. The molecule has 0 aliphatic carbocycles. The lowest BCUT2D eigenvalue weighted by Gasteiger charge is -2.26. The summed E-state index contributed by atoms with van der Waals surface area (Å²) >= 11 is 0. The number of anilines is 1. The lowest BCUT2D eigenvalue weighted by molar-refractivity contribution is -0.137. The second kappa shape index (κ2) is 6.08. The smallest absolute Gasteiger partial charge is 0.305 e. The summed E-state index contributed by atoms with van der Waals surface area (Å²) in [5.41, 5.74) is 1.67. The molecule has 0 radical (unpaired) electrons. The van der Waals surface area contributed by atoms with Gasteiger partial charge in [0.15, 0.2) is 0 Å². The van der Waals surface area contributed by atoms with Gasteiger partial charge in [0.1, 0.15) is 0 Å². The summed E-state index contributed by atoms with van der Waals surface area (Å²) in [5.74, 6) is -0.803. The number of nitrogens with zero attached hydrogens (tertiary/aromatic N) is 2. The van der Waals surface area contributed by atoms with Gasteiger partial charge in [-0.15, -0.1) is 0 Å². The zero-order valence-electron chi connectivity index (χ0n) is 12.6. The fourth-order valence-electron chi connectivity index (χ4n) is 2.47. The van der Waals surface area contributed by atoms with Crippen molar-refractivity contribution in [3.05, 3.63) is 30.5 Å². The molecule has 0 aliphatic heterocycles. The van der Waals surface area contributed by atoms with Crippen molar-refractivity contribution in [1.29, 1.82) is 0 Å². The van der Waals surface area contributed by atoms with E-state index in [9.17, 15) is 4.79 Å². The lowest BCUT2D eigenvalue weighted by atomic mass is 9.87. The van der Waals surface area contributed by atoms with Crippen molar-refractivity contribution in [2.45, 2.75) is 39.7 Å². The Hall–Kier alpha value is -2.17. The van der Waals surface area contributed by atoms with Gasteiger partial charge in [-0.2, -0.15) is 10.2 Å². The van der Waals surface area contributed by atoms with Crippen LogP contribution in [0.4, 0.5) is 5.69 Å². The van der Waals surface area contributed by atoms with E-state index in [-0.39, 0.29) is 17.9 Å². The first-order chi connectivity index (χ1) is 9.85. The number of carboxylic acid groups (broad SMARTS) is 1. The van der Waals surface area contributed by atoms with Gasteiger partial charge in [-0.05, 0) is 17.9 Å². The molecule has 2 rings (SSSR count). The first kappa shape index (κ1) is 15.2. The van der Waals surface area contributed by atoms with E-state index in [0.717, 1.165) is 23.0 Å². The van der Waals surface area contributed by atoms with E-state index in [1.807, 2.05) is 24.3 Å². The minimum absolute atomic E-state index is 0.0450. The highest BCUT2D eigenvalue weighted by Crippen LogP contribution is 2.27. The van der Waals surface area contributed by atoms with E-state index < -0.39 is 5.97 Å². The van der Waals surface area contributed by atoms with E-state index in [1.54, 1.807) is 6.20 Å². The summed E-state index contributed by atoms with van der Waals surface area (Å²) in [6.07, 6.45) is 2.49. The number of carbonyl (C=O) groups is 1. The third kappa shape index (κ3) is 4.41. The summed E-state index contributed by atoms with van der Waals surface area (Å²) in [4.78, 5) is 11.1. The maximum Gasteiger partial charge on any atom is 0.305 e. The number of hydrogen-bond acceptors (Lipinski definition) is 4. The molecule has 0 bridgehead atoms. The van der Waals surface area contributed by atoms with E-state index in [0.29, 0.717) is 0 Å². The van der Waals surface area contributed by atoms with E-state index in [2.05, 4.69) is 36.3 Å². The van der Waals surface area contributed by atoms with Gasteiger partial charge < -0.3 is 10.4 Å². The van der Waals surface area contributed by atoms with Gasteiger partial charge in [-0.1, -0.05) is 39.0 Å². The van der Waals surface area contributed by atoms with Gasteiger partial charge in [0, 0.05) is 11.4 Å². The number of aliphatic carboxylic acids is 1. The highest BCUT2D eigenvalue weighted by Gasteiger charge is 2.21. The molecule has 0 aliphatic rings. The van der Waals surface area contributed by atoms with Crippen LogP contribution in [0.25, 0.3) is 10.9 Å². The first-order valence-electron chi connectivity index (χ1n) is 7.04. The minimum atomic E-state index is -0.803. The van der Waals surface area contributed by atoms with Gasteiger partial charge >= 0.3 is 5.97 Å². The standard InChI is InChI=1S/C16H21N3O2/c1-16(2,3)9-11(8-15(20)21)18-14-10-17-19-13-7-5-4-6-12(13)14/h4-7,10-11H,8-9H2,1-3H3,(H,18,19)(H,20,21). The predicted molar refractivity (Wildman–Crippen MR) is 83.3 cm³/mol. The molecule has 2 aromatic rings. The Morgan fingerprint density at radius 2 is 2.05 bits per heavy atom. The fourth-order valence-corrected chi connectivity index (χ4v) is 2.47. The summed E-state index contributed by atoms with van der Waals surface area (Å²) in [7, 11) is 0. The number of rotatable bonds is 5. The monoisotopic (exact) mass is 287 g/mol. The van der Waals surface area contributed by atoms with Gasteiger partial charge in [-0.25, -0.2) is 0 Å². The Balaban J connectivity index is 2.27. The minimum Gasteiger partial charge on any atom is -0.481 e. The van der Waals surface area contributed by atoms with Crippen LogP contribution in [-0.2, 0) is 4.79 Å². The molecule has 0 saturated heterocycles. The van der Waals surface area contributed by atoms with Crippen LogP contribution in [0.3, 0.4) is 0 Å². The average molecular weight is 287 g/mol. The second-order valence-corrected chi connectivity index (χ2v) is 6.48. The molecule has 5 heteroatoms. The SMILES string of the molecule is CC(C)(C)CC(CC(=O)O)Nc1cnnc2ccccc12. The third-order valence-electron chi connectivity index (χ3n) is 3.19. The average Bonchev–Trinajstić information content (AvgIpc) is 2.36. The topological polar surface area (TPSA) is 75.1 Å². The summed E-state index contributed by atoms with van der Waals surface area (Å²) in [6.45, 7) is 6.31. The van der Waals surface area contributed by atoms with E-state index in [4.69, 9.17) is 5.11 Å². The van der Waals surface area contributed by atoms with Crippen molar-refractivity contribution in [1.82, 2.24) is 10.2 Å². The predicted octanol–water partition coefficient (Wildman–Crippen LogP) is 3.32. The highest BCUT2D eigenvalue weighted by atomic mass is 16.4. The molecule has 1 unspecified atom stereocenters. The molecule has 1 heterocycles. The summed E-state index contributed by atoms with van der Waals surface area (Å²) in [6, 6.07) is 7.55. The molecule has 1 aromatic carbocycles.